The first-order chi connectivity index (χ1) is 11.1. The minimum Gasteiger partial charge on any atom is -0.320 e. The molecule has 0 aliphatic rings. The molecule has 5 heteroatoms. The number of hydrogen-bond donors (Lipinski definition) is 2. The highest BCUT2D eigenvalue weighted by molar-refractivity contribution is 5.54. The molecule has 1 atom stereocenters. The Balaban J connectivity index is 2.09. The maximum Gasteiger partial charge on any atom is 0.269 e. The Morgan fingerprint density at radius 1 is 1.04 bits per heavy atom. The van der Waals surface area contributed by atoms with Gasteiger partial charge in [0.05, 0.1) is 11.7 Å². The third-order valence-electron chi connectivity index (χ3n) is 3.86. The van der Waals surface area contributed by atoms with Gasteiger partial charge in [-0.05, 0) is 43.2 Å². The van der Waals surface area contributed by atoms with Crippen LogP contribution in [0.5, 0.6) is 0 Å². The van der Waals surface area contributed by atoms with Gasteiger partial charge in [-0.25, -0.2) is 5.10 Å². The van der Waals surface area contributed by atoms with Crippen LogP contribution in [-0.4, -0.2) is 15.2 Å². The van der Waals surface area contributed by atoms with E-state index in [2.05, 4.69) is 15.2 Å². The second-order valence-corrected chi connectivity index (χ2v) is 5.59. The van der Waals surface area contributed by atoms with Crippen molar-refractivity contribution in [2.75, 3.05) is 0 Å². The van der Waals surface area contributed by atoms with Gasteiger partial charge in [-0.15, -0.1) is 0 Å². The van der Waals surface area contributed by atoms with E-state index in [4.69, 9.17) is 5.73 Å². The standard InChI is InChI=1S/C18H18N4O/c1-11-6-7-12(2)13(9-11)17(19)14-10-16(21-22-18(14)23)15-5-3-4-8-20-15/h3-10,17H,19H2,1-2H3,(H,22,23). The monoisotopic (exact) mass is 306 g/mol. The summed E-state index contributed by atoms with van der Waals surface area (Å²) in [6.07, 6.45) is 1.69. The molecule has 0 spiro atoms. The van der Waals surface area contributed by atoms with Crippen LogP contribution in [0, 0.1) is 13.8 Å². The molecule has 0 aliphatic heterocycles. The zero-order chi connectivity index (χ0) is 16.4. The average Bonchev–Trinajstić information content (AvgIpc) is 2.58. The van der Waals surface area contributed by atoms with Crippen molar-refractivity contribution in [1.82, 2.24) is 15.2 Å². The topological polar surface area (TPSA) is 84.7 Å². The maximum atomic E-state index is 12.2. The number of rotatable bonds is 3. The lowest BCUT2D eigenvalue weighted by molar-refractivity contribution is 0.819. The Bertz CT molecular complexity index is 887. The third kappa shape index (κ3) is 3.05. The molecule has 2 aromatic heterocycles. The van der Waals surface area contributed by atoms with Gasteiger partial charge in [-0.3, -0.25) is 9.78 Å². The number of nitrogens with one attached hydrogen (secondary N) is 1. The van der Waals surface area contributed by atoms with E-state index in [0.29, 0.717) is 17.0 Å². The van der Waals surface area contributed by atoms with Gasteiger partial charge in [0.15, 0.2) is 0 Å². The molecule has 0 fully saturated rings. The molecule has 2 heterocycles. The van der Waals surface area contributed by atoms with Crippen molar-refractivity contribution in [3.8, 4) is 11.4 Å². The predicted octanol–water partition coefficient (Wildman–Crippen LogP) is 2.50. The van der Waals surface area contributed by atoms with Crippen LogP contribution in [0.15, 0.2) is 53.5 Å². The van der Waals surface area contributed by atoms with Crippen molar-refractivity contribution in [1.29, 1.82) is 0 Å². The number of pyridine rings is 1. The Labute approximate surface area is 134 Å². The second-order valence-electron chi connectivity index (χ2n) is 5.59. The SMILES string of the molecule is Cc1ccc(C)c(C(N)c2cc(-c3ccccn3)n[nH]c2=O)c1. The molecule has 23 heavy (non-hydrogen) atoms. The van der Waals surface area contributed by atoms with Crippen LogP contribution in [0.1, 0.15) is 28.3 Å². The molecule has 0 saturated carbocycles. The molecule has 116 valence electrons. The van der Waals surface area contributed by atoms with Gasteiger partial charge in [0.25, 0.3) is 5.56 Å². The first-order valence-electron chi connectivity index (χ1n) is 7.40. The summed E-state index contributed by atoms with van der Waals surface area (Å²) in [5.74, 6) is 0. The fraction of sp³-hybridized carbons (Fsp3) is 0.167. The number of nitrogens with zero attached hydrogens (tertiary/aromatic N) is 2. The highest BCUT2D eigenvalue weighted by Gasteiger charge is 2.17. The number of H-pyrrole nitrogens is 1. The van der Waals surface area contributed by atoms with Crippen molar-refractivity contribution in [2.24, 2.45) is 5.73 Å². The number of nitrogens with two attached hydrogens (primary N) is 1. The Morgan fingerprint density at radius 2 is 1.87 bits per heavy atom. The zero-order valence-corrected chi connectivity index (χ0v) is 13.1. The third-order valence-corrected chi connectivity index (χ3v) is 3.86. The van der Waals surface area contributed by atoms with Crippen LogP contribution < -0.4 is 11.3 Å². The molecule has 3 aromatic rings. The van der Waals surface area contributed by atoms with E-state index in [9.17, 15) is 4.79 Å². The van der Waals surface area contributed by atoms with E-state index in [-0.39, 0.29) is 5.56 Å². The molecular weight excluding hydrogens is 288 g/mol. The molecule has 0 aliphatic carbocycles. The number of aromatic nitrogens is 3. The number of benzene rings is 1. The highest BCUT2D eigenvalue weighted by Crippen LogP contribution is 2.23. The molecule has 5 nitrogen and oxygen atoms in total. The lowest BCUT2D eigenvalue weighted by Crippen LogP contribution is -2.24. The lowest BCUT2D eigenvalue weighted by Gasteiger charge is -2.15. The second kappa shape index (κ2) is 6.14. The first kappa shape index (κ1) is 15.1. The summed E-state index contributed by atoms with van der Waals surface area (Å²) in [6, 6.07) is 12.8. The van der Waals surface area contributed by atoms with E-state index in [1.54, 1.807) is 12.3 Å². The average molecular weight is 306 g/mol. The van der Waals surface area contributed by atoms with E-state index in [0.717, 1.165) is 16.7 Å². The van der Waals surface area contributed by atoms with Gasteiger partial charge in [-0.2, -0.15) is 5.10 Å². The summed E-state index contributed by atoms with van der Waals surface area (Å²) >= 11 is 0. The highest BCUT2D eigenvalue weighted by atomic mass is 16.1. The van der Waals surface area contributed by atoms with Gasteiger partial charge < -0.3 is 5.73 Å². The summed E-state index contributed by atoms with van der Waals surface area (Å²) in [5.41, 5.74) is 11.0. The van der Waals surface area contributed by atoms with Crippen LogP contribution in [-0.2, 0) is 0 Å². The van der Waals surface area contributed by atoms with Crippen LogP contribution in [0.3, 0.4) is 0 Å². The molecule has 0 saturated heterocycles. The summed E-state index contributed by atoms with van der Waals surface area (Å²) in [7, 11) is 0. The summed E-state index contributed by atoms with van der Waals surface area (Å²) < 4.78 is 0. The molecule has 0 amide bonds. The molecule has 0 bridgehead atoms. The molecule has 3 rings (SSSR count). The molecule has 1 unspecified atom stereocenters. The Hall–Kier alpha value is -2.79. The van der Waals surface area contributed by atoms with E-state index >= 15 is 0 Å². The van der Waals surface area contributed by atoms with Gasteiger partial charge in [0.1, 0.15) is 5.69 Å². The fourth-order valence-corrected chi connectivity index (χ4v) is 2.56. The van der Waals surface area contributed by atoms with Crippen molar-refractivity contribution < 1.29 is 0 Å². The fourth-order valence-electron chi connectivity index (χ4n) is 2.56. The Kier molecular flexibility index (Phi) is 4.04. The van der Waals surface area contributed by atoms with E-state index < -0.39 is 6.04 Å². The van der Waals surface area contributed by atoms with Gasteiger partial charge >= 0.3 is 0 Å². The number of hydrogen-bond acceptors (Lipinski definition) is 4. The quantitative estimate of drug-likeness (QED) is 0.778. The van der Waals surface area contributed by atoms with Gasteiger partial charge in [0.2, 0.25) is 0 Å². The number of aromatic amines is 1. The predicted molar refractivity (Wildman–Crippen MR) is 90.0 cm³/mol. The van der Waals surface area contributed by atoms with Crippen molar-refractivity contribution in [2.45, 2.75) is 19.9 Å². The molecule has 3 N–H and O–H groups in total. The van der Waals surface area contributed by atoms with Crippen LogP contribution in [0.2, 0.25) is 0 Å². The molecular formula is C18H18N4O. The largest absolute Gasteiger partial charge is 0.320 e. The first-order valence-corrected chi connectivity index (χ1v) is 7.40. The number of aryl methyl sites for hydroxylation is 2. The van der Waals surface area contributed by atoms with Gasteiger partial charge in [-0.1, -0.05) is 29.8 Å². The van der Waals surface area contributed by atoms with Crippen molar-refractivity contribution in [3.05, 3.63) is 81.3 Å². The van der Waals surface area contributed by atoms with Crippen molar-refractivity contribution >= 4 is 0 Å². The van der Waals surface area contributed by atoms with Crippen LogP contribution in [0.25, 0.3) is 11.4 Å². The minimum absolute atomic E-state index is 0.280. The molecule has 1 aromatic carbocycles. The van der Waals surface area contributed by atoms with Crippen LogP contribution in [0.4, 0.5) is 0 Å². The minimum atomic E-state index is -0.510. The van der Waals surface area contributed by atoms with Crippen LogP contribution >= 0.6 is 0 Å². The van der Waals surface area contributed by atoms with E-state index in [1.807, 2.05) is 50.2 Å². The summed E-state index contributed by atoms with van der Waals surface area (Å²) in [6.45, 7) is 4.00. The van der Waals surface area contributed by atoms with Crippen molar-refractivity contribution in [3.63, 3.8) is 0 Å². The maximum absolute atomic E-state index is 12.2. The summed E-state index contributed by atoms with van der Waals surface area (Å²) in [4.78, 5) is 16.5. The normalized spacial score (nSPS) is 12.1. The lowest BCUT2D eigenvalue weighted by atomic mass is 9.95. The van der Waals surface area contributed by atoms with Gasteiger partial charge in [0, 0.05) is 11.8 Å². The zero-order valence-electron chi connectivity index (χ0n) is 13.1. The van der Waals surface area contributed by atoms with E-state index in [1.165, 1.54) is 0 Å². The Morgan fingerprint density at radius 3 is 2.61 bits per heavy atom. The smallest absolute Gasteiger partial charge is 0.269 e. The summed E-state index contributed by atoms with van der Waals surface area (Å²) in [5, 5.41) is 6.60. The molecule has 0 radical (unpaired) electrons.